The van der Waals surface area contributed by atoms with Gasteiger partial charge in [0.25, 0.3) is 0 Å². The molecule has 2 saturated heterocycles. The molecule has 1 unspecified atom stereocenters. The first-order valence-corrected chi connectivity index (χ1v) is 7.47. The lowest BCUT2D eigenvalue weighted by Crippen LogP contribution is -2.70. The summed E-state index contributed by atoms with van der Waals surface area (Å²) in [6.07, 6.45) is 1.69. The number of rotatable bonds is 1. The van der Waals surface area contributed by atoms with Crippen LogP contribution in [-0.4, -0.2) is 54.7 Å². The predicted octanol–water partition coefficient (Wildman–Crippen LogP) is 0.909. The molecule has 0 radical (unpaired) electrons. The number of likely N-dealkylation sites (tertiary alicyclic amines) is 1. The molecule has 1 amide bonds. The SMILES string of the molecule is O=C1Nc2ncc(Br)cc2NCC1N1CC2(COC2)C1. The van der Waals surface area contributed by atoms with Crippen molar-refractivity contribution in [2.45, 2.75) is 6.04 Å². The van der Waals surface area contributed by atoms with E-state index >= 15 is 0 Å². The van der Waals surface area contributed by atoms with Crippen LogP contribution in [0.15, 0.2) is 16.7 Å². The number of carbonyl (C=O) groups excluding carboxylic acids is 1. The summed E-state index contributed by atoms with van der Waals surface area (Å²) >= 11 is 3.39. The summed E-state index contributed by atoms with van der Waals surface area (Å²) in [6, 6.07) is 1.79. The van der Waals surface area contributed by atoms with E-state index in [0.29, 0.717) is 17.8 Å². The van der Waals surface area contributed by atoms with Gasteiger partial charge in [0, 0.05) is 35.7 Å². The van der Waals surface area contributed by atoms with Crippen LogP contribution in [0.3, 0.4) is 0 Å². The van der Waals surface area contributed by atoms with Crippen LogP contribution in [0.4, 0.5) is 11.5 Å². The van der Waals surface area contributed by atoms with Gasteiger partial charge in [-0.25, -0.2) is 4.98 Å². The summed E-state index contributed by atoms with van der Waals surface area (Å²) in [5.74, 6) is 0.615. The van der Waals surface area contributed by atoms with E-state index in [-0.39, 0.29) is 11.9 Å². The Balaban J connectivity index is 1.50. The van der Waals surface area contributed by atoms with Gasteiger partial charge in [0.1, 0.15) is 6.04 Å². The third-order valence-electron chi connectivity index (χ3n) is 4.22. The summed E-state index contributed by atoms with van der Waals surface area (Å²) in [6.45, 7) is 4.16. The maximum absolute atomic E-state index is 12.3. The van der Waals surface area contributed by atoms with Gasteiger partial charge in [-0.2, -0.15) is 0 Å². The maximum atomic E-state index is 12.3. The van der Waals surface area contributed by atoms with Crippen LogP contribution in [0.1, 0.15) is 0 Å². The molecule has 7 heteroatoms. The first-order chi connectivity index (χ1) is 9.65. The Hall–Kier alpha value is -1.18. The van der Waals surface area contributed by atoms with Crippen LogP contribution in [0, 0.1) is 5.41 Å². The van der Waals surface area contributed by atoms with Gasteiger partial charge < -0.3 is 15.4 Å². The van der Waals surface area contributed by atoms with Gasteiger partial charge in [-0.15, -0.1) is 0 Å². The summed E-state index contributed by atoms with van der Waals surface area (Å²) in [5.41, 5.74) is 1.18. The molecular formula is C13H15BrN4O2. The molecule has 3 aliphatic heterocycles. The van der Waals surface area contributed by atoms with Crippen LogP contribution in [0.2, 0.25) is 0 Å². The number of hydrogen-bond acceptors (Lipinski definition) is 5. The summed E-state index contributed by atoms with van der Waals surface area (Å²) in [5, 5.41) is 6.22. The molecular weight excluding hydrogens is 324 g/mol. The van der Waals surface area contributed by atoms with E-state index in [0.717, 1.165) is 36.5 Å². The maximum Gasteiger partial charge on any atom is 0.244 e. The third kappa shape index (κ3) is 1.92. The monoisotopic (exact) mass is 338 g/mol. The minimum atomic E-state index is -0.144. The quantitative estimate of drug-likeness (QED) is 0.796. The smallest absolute Gasteiger partial charge is 0.244 e. The zero-order chi connectivity index (χ0) is 13.7. The zero-order valence-corrected chi connectivity index (χ0v) is 12.4. The number of halogens is 1. The van der Waals surface area contributed by atoms with Gasteiger partial charge in [-0.05, 0) is 22.0 Å². The lowest BCUT2D eigenvalue weighted by molar-refractivity contribution is -0.197. The first-order valence-electron chi connectivity index (χ1n) is 6.67. The van der Waals surface area contributed by atoms with Crippen molar-refractivity contribution in [2.24, 2.45) is 5.41 Å². The number of amides is 1. The summed E-state index contributed by atoms with van der Waals surface area (Å²) < 4.78 is 6.17. The van der Waals surface area contributed by atoms with Gasteiger partial charge in [0.05, 0.1) is 18.9 Å². The molecule has 1 atom stereocenters. The molecule has 4 rings (SSSR count). The Bertz CT molecular complexity index is 567. The highest BCUT2D eigenvalue weighted by atomic mass is 79.9. The Morgan fingerprint density at radius 2 is 2.25 bits per heavy atom. The summed E-state index contributed by atoms with van der Waals surface area (Å²) in [4.78, 5) is 18.8. The van der Waals surface area contributed by atoms with Crippen molar-refractivity contribution in [2.75, 3.05) is 43.5 Å². The second-order valence-corrected chi connectivity index (χ2v) is 6.75. The summed E-state index contributed by atoms with van der Waals surface area (Å²) in [7, 11) is 0. The molecule has 4 heterocycles. The fourth-order valence-electron chi connectivity index (χ4n) is 3.08. The number of fused-ring (bicyclic) bond motifs is 1. The standard InChI is InChI=1S/C13H15BrN4O2/c14-8-1-9-11(16-2-8)17-12(19)10(3-15-9)18-4-13(5-18)6-20-7-13/h1-2,10,15H,3-7H2,(H,16,17,19). The van der Waals surface area contributed by atoms with Crippen molar-refractivity contribution in [1.29, 1.82) is 0 Å². The van der Waals surface area contributed by atoms with Crippen molar-refractivity contribution in [1.82, 2.24) is 9.88 Å². The largest absolute Gasteiger partial charge is 0.380 e. The Labute approximate surface area is 125 Å². The minimum Gasteiger partial charge on any atom is -0.380 e. The van der Waals surface area contributed by atoms with Gasteiger partial charge in [0.15, 0.2) is 5.82 Å². The molecule has 6 nitrogen and oxygen atoms in total. The molecule has 0 aromatic carbocycles. The Kier molecular flexibility index (Phi) is 2.77. The lowest BCUT2D eigenvalue weighted by atomic mass is 9.77. The molecule has 20 heavy (non-hydrogen) atoms. The van der Waals surface area contributed by atoms with Crippen molar-refractivity contribution >= 4 is 33.3 Å². The van der Waals surface area contributed by atoms with Crippen LogP contribution < -0.4 is 10.6 Å². The fourth-order valence-corrected chi connectivity index (χ4v) is 3.41. The molecule has 2 fully saturated rings. The van der Waals surface area contributed by atoms with Crippen molar-refractivity contribution < 1.29 is 9.53 Å². The van der Waals surface area contributed by atoms with Crippen LogP contribution >= 0.6 is 15.9 Å². The van der Waals surface area contributed by atoms with Crippen molar-refractivity contribution in [3.05, 3.63) is 16.7 Å². The van der Waals surface area contributed by atoms with Crippen molar-refractivity contribution in [3.8, 4) is 0 Å². The van der Waals surface area contributed by atoms with Crippen LogP contribution in [-0.2, 0) is 9.53 Å². The van der Waals surface area contributed by atoms with E-state index in [1.807, 2.05) is 6.07 Å². The molecule has 0 saturated carbocycles. The third-order valence-corrected chi connectivity index (χ3v) is 4.65. The van der Waals surface area contributed by atoms with Gasteiger partial charge in [-0.3, -0.25) is 9.69 Å². The highest BCUT2D eigenvalue weighted by Gasteiger charge is 2.52. The number of ether oxygens (including phenoxy) is 1. The van der Waals surface area contributed by atoms with E-state index < -0.39 is 0 Å². The molecule has 0 bridgehead atoms. The highest BCUT2D eigenvalue weighted by molar-refractivity contribution is 9.10. The molecule has 1 aromatic rings. The van der Waals surface area contributed by atoms with Crippen molar-refractivity contribution in [3.63, 3.8) is 0 Å². The fraction of sp³-hybridized carbons (Fsp3) is 0.538. The number of nitrogens with zero attached hydrogens (tertiary/aromatic N) is 2. The Morgan fingerprint density at radius 1 is 1.45 bits per heavy atom. The Morgan fingerprint density at radius 3 is 2.95 bits per heavy atom. The van der Waals surface area contributed by atoms with E-state index in [9.17, 15) is 4.79 Å². The molecule has 2 N–H and O–H groups in total. The van der Waals surface area contributed by atoms with E-state index in [2.05, 4.69) is 36.4 Å². The molecule has 1 aromatic heterocycles. The van der Waals surface area contributed by atoms with Gasteiger partial charge >= 0.3 is 0 Å². The normalized spacial score (nSPS) is 27.6. The number of carbonyl (C=O) groups is 1. The number of hydrogen-bond donors (Lipinski definition) is 2. The highest BCUT2D eigenvalue weighted by Crippen LogP contribution is 2.39. The second kappa shape index (κ2) is 4.41. The number of pyridine rings is 1. The van der Waals surface area contributed by atoms with Gasteiger partial charge in [-0.1, -0.05) is 0 Å². The molecule has 106 valence electrons. The number of aromatic nitrogens is 1. The second-order valence-electron chi connectivity index (χ2n) is 5.83. The minimum absolute atomic E-state index is 0.0150. The van der Waals surface area contributed by atoms with Gasteiger partial charge in [0.2, 0.25) is 5.91 Å². The topological polar surface area (TPSA) is 66.5 Å². The average molecular weight is 339 g/mol. The van der Waals surface area contributed by atoms with Crippen LogP contribution in [0.5, 0.6) is 0 Å². The molecule has 1 spiro atoms. The lowest BCUT2D eigenvalue weighted by Gasteiger charge is -2.56. The molecule has 3 aliphatic rings. The first kappa shape index (κ1) is 12.6. The molecule has 0 aliphatic carbocycles. The van der Waals surface area contributed by atoms with Crippen LogP contribution in [0.25, 0.3) is 0 Å². The number of anilines is 2. The van der Waals surface area contributed by atoms with E-state index in [4.69, 9.17) is 4.74 Å². The predicted molar refractivity (Wildman–Crippen MR) is 77.7 cm³/mol. The average Bonchev–Trinajstić information content (AvgIpc) is 2.46. The van der Waals surface area contributed by atoms with E-state index in [1.54, 1.807) is 6.20 Å². The van der Waals surface area contributed by atoms with E-state index in [1.165, 1.54) is 0 Å². The zero-order valence-electron chi connectivity index (χ0n) is 10.9. The number of nitrogens with one attached hydrogen (secondary N) is 2.